The molecule has 0 radical (unpaired) electrons. The SMILES string of the molecule is CCCC1CCC(NCC)C(Cc2nccs2)C1. The van der Waals surface area contributed by atoms with Gasteiger partial charge in [-0.2, -0.15) is 0 Å². The standard InChI is InChI=1S/C15H26N2S/c1-3-5-12-6-7-14(16-4-2)13(10-12)11-15-17-8-9-18-15/h8-9,12-14,16H,3-7,10-11H2,1-2H3. The molecule has 102 valence electrons. The lowest BCUT2D eigenvalue weighted by Gasteiger charge is -2.36. The van der Waals surface area contributed by atoms with E-state index in [-0.39, 0.29) is 0 Å². The number of nitrogens with one attached hydrogen (secondary N) is 1. The average Bonchev–Trinajstić information content (AvgIpc) is 2.86. The van der Waals surface area contributed by atoms with Gasteiger partial charge in [-0.1, -0.05) is 26.7 Å². The second-order valence-corrected chi connectivity index (χ2v) is 6.50. The van der Waals surface area contributed by atoms with E-state index >= 15 is 0 Å². The molecule has 0 bridgehead atoms. The number of aromatic nitrogens is 1. The van der Waals surface area contributed by atoms with Gasteiger partial charge in [-0.05, 0) is 37.6 Å². The van der Waals surface area contributed by atoms with Crippen molar-refractivity contribution in [3.8, 4) is 0 Å². The fourth-order valence-electron chi connectivity index (χ4n) is 3.37. The molecule has 18 heavy (non-hydrogen) atoms. The van der Waals surface area contributed by atoms with Crippen LogP contribution in [0.3, 0.4) is 0 Å². The molecule has 1 aromatic heterocycles. The Kier molecular flexibility index (Phi) is 5.64. The third-order valence-corrected chi connectivity index (χ3v) is 4.98. The van der Waals surface area contributed by atoms with Crippen LogP contribution < -0.4 is 5.32 Å². The van der Waals surface area contributed by atoms with Gasteiger partial charge in [0.15, 0.2) is 0 Å². The van der Waals surface area contributed by atoms with E-state index in [1.165, 1.54) is 43.5 Å². The minimum absolute atomic E-state index is 0.715. The number of thiazole rings is 1. The van der Waals surface area contributed by atoms with Gasteiger partial charge < -0.3 is 5.32 Å². The maximum Gasteiger partial charge on any atom is 0.0928 e. The van der Waals surface area contributed by atoms with Gasteiger partial charge in [-0.25, -0.2) is 4.98 Å². The Morgan fingerprint density at radius 3 is 2.94 bits per heavy atom. The monoisotopic (exact) mass is 266 g/mol. The molecule has 1 aliphatic carbocycles. The minimum Gasteiger partial charge on any atom is -0.314 e. The maximum atomic E-state index is 4.47. The summed E-state index contributed by atoms with van der Waals surface area (Å²) in [5.41, 5.74) is 0. The van der Waals surface area contributed by atoms with Gasteiger partial charge in [-0.15, -0.1) is 11.3 Å². The molecule has 0 amide bonds. The summed E-state index contributed by atoms with van der Waals surface area (Å²) >= 11 is 1.81. The fraction of sp³-hybridized carbons (Fsp3) is 0.800. The molecule has 3 atom stereocenters. The summed E-state index contributed by atoms with van der Waals surface area (Å²) in [7, 11) is 0. The lowest BCUT2D eigenvalue weighted by Crippen LogP contribution is -2.41. The molecule has 1 N–H and O–H groups in total. The second kappa shape index (κ2) is 7.25. The van der Waals surface area contributed by atoms with Gasteiger partial charge in [-0.3, -0.25) is 0 Å². The minimum atomic E-state index is 0.715. The van der Waals surface area contributed by atoms with Crippen LogP contribution in [0.5, 0.6) is 0 Å². The first-order valence-electron chi connectivity index (χ1n) is 7.45. The van der Waals surface area contributed by atoms with E-state index in [0.717, 1.165) is 18.4 Å². The normalized spacial score (nSPS) is 28.4. The van der Waals surface area contributed by atoms with E-state index < -0.39 is 0 Å². The Morgan fingerprint density at radius 2 is 2.28 bits per heavy atom. The Bertz CT molecular complexity index is 323. The predicted octanol–water partition coefficient (Wildman–Crippen LogP) is 3.88. The van der Waals surface area contributed by atoms with Gasteiger partial charge in [0.25, 0.3) is 0 Å². The largest absolute Gasteiger partial charge is 0.314 e. The molecule has 2 rings (SSSR count). The summed E-state index contributed by atoms with van der Waals surface area (Å²) in [4.78, 5) is 4.47. The van der Waals surface area contributed by atoms with E-state index in [4.69, 9.17) is 0 Å². The van der Waals surface area contributed by atoms with Gasteiger partial charge in [0, 0.05) is 24.0 Å². The van der Waals surface area contributed by atoms with Crippen molar-refractivity contribution in [3.05, 3.63) is 16.6 Å². The van der Waals surface area contributed by atoms with E-state index in [1.54, 1.807) is 0 Å². The highest BCUT2D eigenvalue weighted by molar-refractivity contribution is 7.09. The Labute approximate surface area is 115 Å². The van der Waals surface area contributed by atoms with Crippen molar-refractivity contribution < 1.29 is 0 Å². The highest BCUT2D eigenvalue weighted by Gasteiger charge is 2.30. The molecule has 0 aliphatic heterocycles. The molecule has 1 aliphatic rings. The third kappa shape index (κ3) is 3.79. The molecule has 3 heteroatoms. The molecule has 0 aromatic carbocycles. The van der Waals surface area contributed by atoms with Gasteiger partial charge in [0.2, 0.25) is 0 Å². The van der Waals surface area contributed by atoms with Crippen molar-refractivity contribution in [1.29, 1.82) is 0 Å². The summed E-state index contributed by atoms with van der Waals surface area (Å²) in [6.07, 6.45) is 10.0. The lowest BCUT2D eigenvalue weighted by atomic mass is 9.75. The summed E-state index contributed by atoms with van der Waals surface area (Å²) in [6.45, 7) is 5.63. The van der Waals surface area contributed by atoms with E-state index in [2.05, 4.69) is 29.5 Å². The van der Waals surface area contributed by atoms with Crippen LogP contribution in [0.1, 0.15) is 51.0 Å². The van der Waals surface area contributed by atoms with Crippen LogP contribution in [-0.4, -0.2) is 17.6 Å². The smallest absolute Gasteiger partial charge is 0.0928 e. The first-order valence-corrected chi connectivity index (χ1v) is 8.33. The van der Waals surface area contributed by atoms with Gasteiger partial charge >= 0.3 is 0 Å². The highest BCUT2D eigenvalue weighted by Crippen LogP contribution is 2.34. The topological polar surface area (TPSA) is 24.9 Å². The molecule has 3 unspecified atom stereocenters. The van der Waals surface area contributed by atoms with Crippen LogP contribution in [0.25, 0.3) is 0 Å². The summed E-state index contributed by atoms with van der Waals surface area (Å²) in [5, 5.41) is 7.11. The summed E-state index contributed by atoms with van der Waals surface area (Å²) in [5.74, 6) is 1.75. The molecule has 0 saturated heterocycles. The molecule has 0 spiro atoms. The number of nitrogens with zero attached hydrogens (tertiary/aromatic N) is 1. The van der Waals surface area contributed by atoms with E-state index in [0.29, 0.717) is 6.04 Å². The number of hydrogen-bond donors (Lipinski definition) is 1. The van der Waals surface area contributed by atoms with Crippen LogP contribution >= 0.6 is 11.3 Å². The van der Waals surface area contributed by atoms with Crippen LogP contribution in [0.4, 0.5) is 0 Å². The number of hydrogen-bond acceptors (Lipinski definition) is 3. The molecule has 1 aromatic rings. The van der Waals surface area contributed by atoms with Gasteiger partial charge in [0.05, 0.1) is 5.01 Å². The number of rotatable bonds is 6. The van der Waals surface area contributed by atoms with Gasteiger partial charge in [0.1, 0.15) is 0 Å². The average molecular weight is 266 g/mol. The van der Waals surface area contributed by atoms with Crippen molar-refractivity contribution >= 4 is 11.3 Å². The Hall–Kier alpha value is -0.410. The van der Waals surface area contributed by atoms with Crippen molar-refractivity contribution in [3.63, 3.8) is 0 Å². The molecule has 1 heterocycles. The second-order valence-electron chi connectivity index (χ2n) is 5.52. The summed E-state index contributed by atoms with van der Waals surface area (Å²) < 4.78 is 0. The van der Waals surface area contributed by atoms with E-state index in [1.807, 2.05) is 17.5 Å². The zero-order chi connectivity index (χ0) is 12.8. The quantitative estimate of drug-likeness (QED) is 0.845. The first-order chi connectivity index (χ1) is 8.83. The van der Waals surface area contributed by atoms with Crippen LogP contribution in [-0.2, 0) is 6.42 Å². The zero-order valence-corrected chi connectivity index (χ0v) is 12.5. The fourth-order valence-corrected chi connectivity index (χ4v) is 4.08. The van der Waals surface area contributed by atoms with E-state index in [9.17, 15) is 0 Å². The highest BCUT2D eigenvalue weighted by atomic mass is 32.1. The first kappa shape index (κ1) is 14.0. The molecule has 1 fully saturated rings. The third-order valence-electron chi connectivity index (χ3n) is 4.17. The lowest BCUT2D eigenvalue weighted by molar-refractivity contribution is 0.195. The van der Waals surface area contributed by atoms with Crippen LogP contribution in [0.15, 0.2) is 11.6 Å². The van der Waals surface area contributed by atoms with Crippen molar-refractivity contribution in [2.75, 3.05) is 6.54 Å². The predicted molar refractivity (Wildman–Crippen MR) is 79.0 cm³/mol. The van der Waals surface area contributed by atoms with Crippen molar-refractivity contribution in [2.24, 2.45) is 11.8 Å². The van der Waals surface area contributed by atoms with Crippen molar-refractivity contribution in [2.45, 2.75) is 58.4 Å². The molecule has 1 saturated carbocycles. The van der Waals surface area contributed by atoms with Crippen LogP contribution in [0, 0.1) is 11.8 Å². The molecular formula is C15H26N2S. The maximum absolute atomic E-state index is 4.47. The Balaban J connectivity index is 1.95. The zero-order valence-electron chi connectivity index (χ0n) is 11.7. The summed E-state index contributed by atoms with van der Waals surface area (Å²) in [6, 6.07) is 0.715. The van der Waals surface area contributed by atoms with Crippen LogP contribution in [0.2, 0.25) is 0 Å². The Morgan fingerprint density at radius 1 is 1.39 bits per heavy atom. The molecule has 2 nitrogen and oxygen atoms in total. The van der Waals surface area contributed by atoms with Crippen molar-refractivity contribution in [1.82, 2.24) is 10.3 Å². The molecular weight excluding hydrogens is 240 g/mol.